The highest BCUT2D eigenvalue weighted by Crippen LogP contribution is 2.79. The largest absolute Gasteiger partial charge is 0.508 e. The van der Waals surface area contributed by atoms with Crippen molar-refractivity contribution in [3.8, 4) is 28.0 Å². The van der Waals surface area contributed by atoms with Crippen molar-refractivity contribution >= 4 is 21.9 Å². The summed E-state index contributed by atoms with van der Waals surface area (Å²) in [4.78, 5) is 0. The number of rotatable bonds is 0. The van der Waals surface area contributed by atoms with E-state index in [0.717, 1.165) is 49.7 Å². The summed E-state index contributed by atoms with van der Waals surface area (Å²) < 4.78 is 6.72. The van der Waals surface area contributed by atoms with Crippen molar-refractivity contribution in [2.24, 2.45) is 5.92 Å². The molecule has 0 amide bonds. The van der Waals surface area contributed by atoms with Gasteiger partial charge in [-0.2, -0.15) is 0 Å². The Morgan fingerprint density at radius 1 is 0.431 bits per heavy atom. The van der Waals surface area contributed by atoms with Crippen LogP contribution in [-0.4, -0.2) is 5.11 Å². The molecule has 3 saturated carbocycles. The third kappa shape index (κ3) is 3.08. The smallest absolute Gasteiger partial charge is 0.136 e. The maximum Gasteiger partial charge on any atom is 0.136 e. The summed E-state index contributed by atoms with van der Waals surface area (Å²) in [7, 11) is 0. The molecule has 2 heteroatoms. The van der Waals surface area contributed by atoms with Gasteiger partial charge in [-0.05, 0) is 130 Å². The van der Waals surface area contributed by atoms with Crippen LogP contribution in [0.4, 0.5) is 0 Å². The standard InChI is InChI=1S/C49H38O2/c50-40-20-21-42-44-43-33(16-9-19-41(43)51-42)30-25-48-23-28(31-10-1-3-12-34(31)36-14-6-8-18-39(36)48)22-47-24-29(26-49(27-30,45(40)44)46(47)48)32-11-2-4-13-35(32)37-15-5-7-17-38(37)47/h1-21,28-30,46,50H,22-27H2. The molecule has 7 unspecified atom stereocenters. The molecular formula is C49H38O2. The summed E-state index contributed by atoms with van der Waals surface area (Å²) in [5.74, 6) is 1.89. The van der Waals surface area contributed by atoms with Crippen molar-refractivity contribution in [3.63, 3.8) is 0 Å². The van der Waals surface area contributed by atoms with E-state index in [1.54, 1.807) is 11.1 Å². The minimum absolute atomic E-state index is 0.104. The molecule has 7 atom stereocenters. The lowest BCUT2D eigenvalue weighted by Gasteiger charge is -2.70. The maximum absolute atomic E-state index is 12.5. The van der Waals surface area contributed by atoms with Crippen LogP contribution in [-0.2, 0) is 16.2 Å². The third-order valence-electron chi connectivity index (χ3n) is 15.2. The van der Waals surface area contributed by atoms with E-state index in [1.165, 1.54) is 55.3 Å². The second-order valence-corrected chi connectivity index (χ2v) is 17.1. The number of hydrogen-bond donors (Lipinski definition) is 1. The first-order chi connectivity index (χ1) is 25.1. The number of fused-ring (bicyclic) bond motifs is 12. The average molecular weight is 659 g/mol. The van der Waals surface area contributed by atoms with Gasteiger partial charge in [0.15, 0.2) is 0 Å². The Balaban J connectivity index is 1.25. The van der Waals surface area contributed by atoms with E-state index >= 15 is 0 Å². The molecule has 0 aliphatic heterocycles. The highest BCUT2D eigenvalue weighted by Gasteiger charge is 2.72. The van der Waals surface area contributed by atoms with Crippen LogP contribution in [0.5, 0.6) is 5.75 Å². The molecule has 6 bridgehead atoms. The van der Waals surface area contributed by atoms with Crippen molar-refractivity contribution < 1.29 is 9.52 Å². The Hall–Kier alpha value is -5.08. The van der Waals surface area contributed by atoms with Crippen LogP contribution < -0.4 is 0 Å². The van der Waals surface area contributed by atoms with E-state index in [1.807, 2.05) is 12.1 Å². The Labute approximate surface area is 297 Å². The fourth-order valence-corrected chi connectivity index (χ4v) is 14.4. The number of phenols is 1. The zero-order valence-corrected chi connectivity index (χ0v) is 28.5. The zero-order chi connectivity index (χ0) is 33.3. The quantitative estimate of drug-likeness (QED) is 0.176. The van der Waals surface area contributed by atoms with Gasteiger partial charge < -0.3 is 9.52 Å². The summed E-state index contributed by atoms with van der Waals surface area (Å²) in [5.41, 5.74) is 15.8. The highest BCUT2D eigenvalue weighted by atomic mass is 16.3. The first-order valence-electron chi connectivity index (χ1n) is 19.1. The van der Waals surface area contributed by atoms with Gasteiger partial charge in [0.1, 0.15) is 16.9 Å². The first-order valence-corrected chi connectivity index (χ1v) is 19.1. The molecule has 7 aromatic rings. The van der Waals surface area contributed by atoms with Crippen molar-refractivity contribution in [1.82, 2.24) is 0 Å². The Morgan fingerprint density at radius 2 is 0.902 bits per heavy atom. The normalized spacial score (nSPS) is 31.4. The van der Waals surface area contributed by atoms with Crippen molar-refractivity contribution in [3.05, 3.63) is 161 Å². The predicted molar refractivity (Wildman–Crippen MR) is 204 cm³/mol. The van der Waals surface area contributed by atoms with Gasteiger partial charge in [0.2, 0.25) is 0 Å². The van der Waals surface area contributed by atoms with Gasteiger partial charge in [0, 0.05) is 32.6 Å². The monoisotopic (exact) mass is 658 g/mol. The summed E-state index contributed by atoms with van der Waals surface area (Å²) >= 11 is 0. The number of phenolic OH excluding ortho intramolecular Hbond substituents is 1. The molecule has 51 heavy (non-hydrogen) atoms. The van der Waals surface area contributed by atoms with Crippen molar-refractivity contribution in [2.75, 3.05) is 0 Å². The lowest BCUT2D eigenvalue weighted by Crippen LogP contribution is -2.67. The number of aromatic hydroxyl groups is 1. The molecule has 246 valence electrons. The molecule has 1 heterocycles. The molecule has 3 fully saturated rings. The van der Waals surface area contributed by atoms with Crippen LogP contribution in [0.15, 0.2) is 132 Å². The van der Waals surface area contributed by atoms with E-state index in [2.05, 4.69) is 115 Å². The Morgan fingerprint density at radius 3 is 1.51 bits per heavy atom. The summed E-state index contributed by atoms with van der Waals surface area (Å²) in [6.45, 7) is 0. The summed E-state index contributed by atoms with van der Waals surface area (Å²) in [6, 6.07) is 48.6. The third-order valence-corrected chi connectivity index (χ3v) is 15.2. The van der Waals surface area contributed by atoms with E-state index in [4.69, 9.17) is 4.42 Å². The zero-order valence-electron chi connectivity index (χ0n) is 28.5. The highest BCUT2D eigenvalue weighted by molar-refractivity contribution is 6.10. The van der Waals surface area contributed by atoms with Crippen LogP contribution in [0.3, 0.4) is 0 Å². The molecule has 6 aliphatic carbocycles. The molecule has 2 nitrogen and oxygen atoms in total. The van der Waals surface area contributed by atoms with Crippen LogP contribution >= 0.6 is 0 Å². The topological polar surface area (TPSA) is 33.4 Å². The Bertz CT molecular complexity index is 2680. The average Bonchev–Trinajstić information content (AvgIpc) is 3.44. The number of furan rings is 1. The second kappa shape index (κ2) is 9.04. The number of hydrogen-bond acceptors (Lipinski definition) is 2. The first kappa shape index (κ1) is 27.6. The van der Waals surface area contributed by atoms with Crippen LogP contribution in [0.1, 0.15) is 89.7 Å². The van der Waals surface area contributed by atoms with Gasteiger partial charge in [-0.25, -0.2) is 0 Å². The molecule has 1 aromatic heterocycles. The van der Waals surface area contributed by atoms with Gasteiger partial charge in [-0.3, -0.25) is 0 Å². The Kier molecular flexibility index (Phi) is 4.89. The molecule has 1 N–H and O–H groups in total. The molecule has 3 spiro atoms. The molecule has 6 aliphatic rings. The molecular weight excluding hydrogens is 621 g/mol. The van der Waals surface area contributed by atoms with E-state index in [9.17, 15) is 5.11 Å². The van der Waals surface area contributed by atoms with E-state index in [-0.39, 0.29) is 16.2 Å². The van der Waals surface area contributed by atoms with Gasteiger partial charge in [0.05, 0.1) is 0 Å². The van der Waals surface area contributed by atoms with Gasteiger partial charge in [-0.15, -0.1) is 0 Å². The van der Waals surface area contributed by atoms with Crippen molar-refractivity contribution in [1.29, 1.82) is 0 Å². The summed E-state index contributed by atoms with van der Waals surface area (Å²) in [6.07, 6.45) is 6.63. The minimum atomic E-state index is -0.273. The summed E-state index contributed by atoms with van der Waals surface area (Å²) in [5, 5.41) is 15.0. The van der Waals surface area contributed by atoms with Crippen molar-refractivity contribution in [2.45, 2.75) is 72.5 Å². The maximum atomic E-state index is 12.5. The van der Waals surface area contributed by atoms with Crippen LogP contribution in [0.2, 0.25) is 0 Å². The lowest BCUT2D eigenvalue weighted by molar-refractivity contribution is -0.0792. The fourth-order valence-electron chi connectivity index (χ4n) is 14.4. The predicted octanol–water partition coefficient (Wildman–Crippen LogP) is 12.0. The second-order valence-electron chi connectivity index (χ2n) is 17.1. The molecule has 0 radical (unpaired) electrons. The molecule has 0 saturated heterocycles. The lowest BCUT2D eigenvalue weighted by atomic mass is 9.32. The van der Waals surface area contributed by atoms with E-state index < -0.39 is 0 Å². The van der Waals surface area contributed by atoms with Gasteiger partial charge in [0.25, 0.3) is 0 Å². The fraction of sp³-hybridized carbons (Fsp3) is 0.265. The SMILES string of the molecule is Oc1ccc2oc3cccc4c3c2c1C12CC3CC5(CC6CC(CC4C1)(c1ccccc1-c1ccccc16)C52)c1ccccc1-c1ccccc13. The molecule has 6 aromatic carbocycles. The molecule has 13 rings (SSSR count). The van der Waals surface area contributed by atoms with Gasteiger partial charge >= 0.3 is 0 Å². The minimum Gasteiger partial charge on any atom is -0.508 e. The van der Waals surface area contributed by atoms with Crippen LogP contribution in [0, 0.1) is 5.92 Å². The van der Waals surface area contributed by atoms with E-state index in [0.29, 0.717) is 29.4 Å². The van der Waals surface area contributed by atoms with Gasteiger partial charge in [-0.1, -0.05) is 109 Å². The number of benzene rings is 6. The van der Waals surface area contributed by atoms with Crippen LogP contribution in [0.25, 0.3) is 44.2 Å².